The first-order chi connectivity index (χ1) is 9.99. The topological polar surface area (TPSA) is 23.4 Å². The van der Waals surface area contributed by atoms with Gasteiger partial charge in [-0.15, -0.1) is 0 Å². The van der Waals surface area contributed by atoms with Gasteiger partial charge in [0.1, 0.15) is 12.5 Å². The number of hydrogen-bond donors (Lipinski definition) is 0. The average molecular weight is 303 g/mol. The molecule has 2 rings (SSSR count). The number of methoxy groups -OCH3 is 1. The van der Waals surface area contributed by atoms with Crippen LogP contribution in [0.25, 0.3) is 11.1 Å². The van der Waals surface area contributed by atoms with Gasteiger partial charge in [-0.05, 0) is 18.2 Å². The van der Waals surface area contributed by atoms with E-state index in [1.165, 1.54) is 6.04 Å². The predicted molar refractivity (Wildman–Crippen MR) is 90.5 cm³/mol. The van der Waals surface area contributed by atoms with Crippen molar-refractivity contribution in [2.45, 2.75) is 32.4 Å². The molecular weight excluding hydrogens is 278 g/mol. The molecule has 0 bridgehead atoms. The Morgan fingerprint density at radius 3 is 2.57 bits per heavy atom. The van der Waals surface area contributed by atoms with Gasteiger partial charge in [-0.2, -0.15) is 0 Å². The van der Waals surface area contributed by atoms with E-state index in [0.717, 1.165) is 23.5 Å². The smallest absolute Gasteiger partial charge is 0.126 e. The molecule has 0 saturated carbocycles. The Labute approximate surface area is 128 Å². The third kappa shape index (κ3) is 4.76. The highest BCUT2D eigenvalue weighted by atomic mass is 28.3. The molecule has 0 radical (unpaired) electrons. The SMILES string of the molecule is COc1ccccc1-c1ccn(COCC[Si](C)(C)C)c1. The van der Waals surface area contributed by atoms with E-state index in [-0.39, 0.29) is 0 Å². The average Bonchev–Trinajstić information content (AvgIpc) is 2.91. The van der Waals surface area contributed by atoms with E-state index in [4.69, 9.17) is 9.47 Å². The number of benzene rings is 1. The molecule has 0 spiro atoms. The van der Waals surface area contributed by atoms with E-state index >= 15 is 0 Å². The number of para-hydroxylation sites is 1. The van der Waals surface area contributed by atoms with E-state index in [1.807, 2.05) is 18.2 Å². The second kappa shape index (κ2) is 6.96. The highest BCUT2D eigenvalue weighted by molar-refractivity contribution is 6.76. The predicted octanol–water partition coefficient (Wildman–Crippen LogP) is 4.48. The minimum Gasteiger partial charge on any atom is -0.496 e. The highest BCUT2D eigenvalue weighted by Crippen LogP contribution is 2.29. The molecular formula is C17H25NO2Si. The van der Waals surface area contributed by atoms with Gasteiger partial charge in [0.25, 0.3) is 0 Å². The van der Waals surface area contributed by atoms with Crippen LogP contribution >= 0.6 is 0 Å². The van der Waals surface area contributed by atoms with Crippen LogP contribution in [-0.2, 0) is 11.5 Å². The number of aromatic nitrogens is 1. The van der Waals surface area contributed by atoms with Crippen LogP contribution in [0.2, 0.25) is 25.7 Å². The zero-order chi connectivity index (χ0) is 15.3. The maximum atomic E-state index is 5.77. The Kier molecular flexibility index (Phi) is 5.26. The zero-order valence-electron chi connectivity index (χ0n) is 13.4. The minimum absolute atomic E-state index is 0.611. The van der Waals surface area contributed by atoms with Crippen molar-refractivity contribution in [1.82, 2.24) is 4.57 Å². The van der Waals surface area contributed by atoms with Crippen LogP contribution in [0, 0.1) is 0 Å². The lowest BCUT2D eigenvalue weighted by atomic mass is 10.1. The number of nitrogens with zero attached hydrogens (tertiary/aromatic N) is 1. The molecule has 0 atom stereocenters. The molecule has 114 valence electrons. The van der Waals surface area contributed by atoms with Gasteiger partial charge in [0.05, 0.1) is 7.11 Å². The van der Waals surface area contributed by atoms with Gasteiger partial charge in [0.2, 0.25) is 0 Å². The van der Waals surface area contributed by atoms with E-state index in [2.05, 4.69) is 48.7 Å². The molecule has 2 aromatic rings. The Morgan fingerprint density at radius 1 is 1.10 bits per heavy atom. The van der Waals surface area contributed by atoms with Crippen LogP contribution in [0.1, 0.15) is 0 Å². The fourth-order valence-electron chi connectivity index (χ4n) is 2.11. The van der Waals surface area contributed by atoms with E-state index in [9.17, 15) is 0 Å². The molecule has 4 heteroatoms. The third-order valence-electron chi connectivity index (χ3n) is 3.41. The fraction of sp³-hybridized carbons (Fsp3) is 0.412. The minimum atomic E-state index is -1.01. The molecule has 21 heavy (non-hydrogen) atoms. The first kappa shape index (κ1) is 15.9. The van der Waals surface area contributed by atoms with Gasteiger partial charge in [0.15, 0.2) is 0 Å². The first-order valence-corrected chi connectivity index (χ1v) is 11.1. The van der Waals surface area contributed by atoms with Crippen molar-refractivity contribution in [2.75, 3.05) is 13.7 Å². The molecule has 0 aliphatic heterocycles. The summed E-state index contributed by atoms with van der Waals surface area (Å²) in [6.07, 6.45) is 4.16. The summed E-state index contributed by atoms with van der Waals surface area (Å²) >= 11 is 0. The Hall–Kier alpha value is -1.52. The van der Waals surface area contributed by atoms with Crippen molar-refractivity contribution < 1.29 is 9.47 Å². The van der Waals surface area contributed by atoms with E-state index < -0.39 is 8.07 Å². The standard InChI is InChI=1S/C17H25NO2Si/c1-19-17-8-6-5-7-16(17)15-9-10-18(13-15)14-20-11-12-21(2,3)4/h5-10,13H,11-12,14H2,1-4H3. The Morgan fingerprint density at radius 2 is 1.86 bits per heavy atom. The summed E-state index contributed by atoms with van der Waals surface area (Å²) in [5, 5.41) is 0. The summed E-state index contributed by atoms with van der Waals surface area (Å²) in [5.41, 5.74) is 2.27. The second-order valence-corrected chi connectivity index (χ2v) is 12.1. The molecule has 0 fully saturated rings. The maximum Gasteiger partial charge on any atom is 0.126 e. The lowest BCUT2D eigenvalue weighted by Crippen LogP contribution is -2.21. The van der Waals surface area contributed by atoms with Crippen LogP contribution < -0.4 is 4.74 Å². The van der Waals surface area contributed by atoms with Crippen molar-refractivity contribution >= 4 is 8.07 Å². The summed E-state index contributed by atoms with van der Waals surface area (Å²) in [5.74, 6) is 0.898. The van der Waals surface area contributed by atoms with Gasteiger partial charge in [-0.1, -0.05) is 37.8 Å². The van der Waals surface area contributed by atoms with Crippen LogP contribution in [0.15, 0.2) is 42.7 Å². The Balaban J connectivity index is 1.95. The summed E-state index contributed by atoms with van der Waals surface area (Å²) in [7, 11) is 0.698. The zero-order valence-corrected chi connectivity index (χ0v) is 14.4. The molecule has 0 N–H and O–H groups in total. The molecule has 0 amide bonds. The second-order valence-electron chi connectivity index (χ2n) is 6.46. The molecule has 1 aromatic heterocycles. The van der Waals surface area contributed by atoms with Crippen LogP contribution in [0.3, 0.4) is 0 Å². The van der Waals surface area contributed by atoms with Gasteiger partial charge in [-0.3, -0.25) is 0 Å². The number of hydrogen-bond acceptors (Lipinski definition) is 2. The normalized spacial score (nSPS) is 11.6. The molecule has 1 heterocycles. The molecule has 0 unspecified atom stereocenters. The van der Waals surface area contributed by atoms with Gasteiger partial charge in [-0.25, -0.2) is 0 Å². The molecule has 0 saturated heterocycles. The van der Waals surface area contributed by atoms with Crippen molar-refractivity contribution in [3.05, 3.63) is 42.7 Å². The quantitative estimate of drug-likeness (QED) is 0.556. The molecule has 0 aliphatic carbocycles. The third-order valence-corrected chi connectivity index (χ3v) is 5.11. The van der Waals surface area contributed by atoms with Crippen molar-refractivity contribution in [2.24, 2.45) is 0 Å². The fourth-order valence-corrected chi connectivity index (χ4v) is 2.87. The summed E-state index contributed by atoms with van der Waals surface area (Å²) in [6.45, 7) is 8.56. The monoisotopic (exact) mass is 303 g/mol. The van der Waals surface area contributed by atoms with Crippen molar-refractivity contribution in [3.8, 4) is 16.9 Å². The largest absolute Gasteiger partial charge is 0.496 e. The van der Waals surface area contributed by atoms with Gasteiger partial charge in [0, 0.05) is 38.2 Å². The van der Waals surface area contributed by atoms with Crippen LogP contribution in [-0.4, -0.2) is 26.4 Å². The lowest BCUT2D eigenvalue weighted by Gasteiger charge is -2.15. The summed E-state index contributed by atoms with van der Waals surface area (Å²) in [4.78, 5) is 0. The Bertz CT molecular complexity index is 572. The van der Waals surface area contributed by atoms with Gasteiger partial charge >= 0.3 is 0 Å². The summed E-state index contributed by atoms with van der Waals surface area (Å²) < 4.78 is 13.3. The van der Waals surface area contributed by atoms with Gasteiger partial charge < -0.3 is 14.0 Å². The van der Waals surface area contributed by atoms with E-state index in [1.54, 1.807) is 7.11 Å². The molecule has 3 nitrogen and oxygen atoms in total. The van der Waals surface area contributed by atoms with E-state index in [0.29, 0.717) is 6.73 Å². The lowest BCUT2D eigenvalue weighted by molar-refractivity contribution is 0.0875. The highest BCUT2D eigenvalue weighted by Gasteiger charge is 2.12. The number of rotatable bonds is 7. The summed E-state index contributed by atoms with van der Waals surface area (Å²) in [6, 6.07) is 11.4. The molecule has 1 aromatic carbocycles. The maximum absolute atomic E-state index is 5.77. The molecule has 0 aliphatic rings. The van der Waals surface area contributed by atoms with Crippen molar-refractivity contribution in [1.29, 1.82) is 0 Å². The van der Waals surface area contributed by atoms with Crippen LogP contribution in [0.4, 0.5) is 0 Å². The van der Waals surface area contributed by atoms with Crippen LogP contribution in [0.5, 0.6) is 5.75 Å². The number of ether oxygens (including phenoxy) is 2. The van der Waals surface area contributed by atoms with Crippen molar-refractivity contribution in [3.63, 3.8) is 0 Å². The first-order valence-electron chi connectivity index (χ1n) is 7.36.